The number of sulfonamides is 1. The molecule has 8 heteroatoms. The van der Waals surface area contributed by atoms with Crippen molar-refractivity contribution in [1.29, 1.82) is 5.26 Å². The SMILES string of the molecule is CCc1ccc(C(C)NC(=O)/C(C#N)=C\Nc2ccc(S(N)(=O)=O)cc2)cc1. The van der Waals surface area contributed by atoms with E-state index in [0.29, 0.717) is 5.69 Å². The second-order valence-electron chi connectivity index (χ2n) is 6.17. The maximum absolute atomic E-state index is 12.4. The highest BCUT2D eigenvalue weighted by Crippen LogP contribution is 2.15. The maximum atomic E-state index is 12.4. The smallest absolute Gasteiger partial charge is 0.263 e. The summed E-state index contributed by atoms with van der Waals surface area (Å²) in [4.78, 5) is 12.3. The van der Waals surface area contributed by atoms with Crippen LogP contribution in [0.1, 0.15) is 31.0 Å². The van der Waals surface area contributed by atoms with E-state index in [2.05, 4.69) is 17.6 Å². The Balaban J connectivity index is 2.04. The number of rotatable bonds is 7. The zero-order valence-electron chi connectivity index (χ0n) is 15.6. The lowest BCUT2D eigenvalue weighted by molar-refractivity contribution is -0.117. The number of nitrogens with zero attached hydrogens (tertiary/aromatic N) is 1. The summed E-state index contributed by atoms with van der Waals surface area (Å²) in [5.41, 5.74) is 2.55. The van der Waals surface area contributed by atoms with E-state index in [4.69, 9.17) is 5.14 Å². The Morgan fingerprint density at radius 2 is 1.79 bits per heavy atom. The minimum Gasteiger partial charge on any atom is -0.360 e. The largest absolute Gasteiger partial charge is 0.360 e. The highest BCUT2D eigenvalue weighted by Gasteiger charge is 2.14. The van der Waals surface area contributed by atoms with Crippen molar-refractivity contribution in [2.24, 2.45) is 5.14 Å². The number of primary sulfonamides is 1. The van der Waals surface area contributed by atoms with Gasteiger partial charge < -0.3 is 10.6 Å². The van der Waals surface area contributed by atoms with Crippen LogP contribution in [0.3, 0.4) is 0 Å². The molecule has 0 spiro atoms. The van der Waals surface area contributed by atoms with Gasteiger partial charge in [-0.2, -0.15) is 5.26 Å². The minimum atomic E-state index is -3.77. The summed E-state index contributed by atoms with van der Waals surface area (Å²) in [5, 5.41) is 19.9. The minimum absolute atomic E-state index is 0.0248. The standard InChI is InChI=1S/C20H22N4O3S/c1-3-15-4-6-16(7-5-15)14(2)24-20(25)17(12-21)13-23-18-8-10-19(11-9-18)28(22,26)27/h4-11,13-14,23H,3H2,1-2H3,(H,24,25)(H2,22,26,27)/b17-13-. The van der Waals surface area contributed by atoms with Crippen molar-refractivity contribution in [2.45, 2.75) is 31.2 Å². The average Bonchev–Trinajstić information content (AvgIpc) is 2.68. The van der Waals surface area contributed by atoms with E-state index in [0.717, 1.165) is 12.0 Å². The topological polar surface area (TPSA) is 125 Å². The molecule has 0 radical (unpaired) electrons. The molecule has 7 nitrogen and oxygen atoms in total. The first-order chi connectivity index (χ1) is 13.2. The Hall–Kier alpha value is -3.15. The maximum Gasteiger partial charge on any atom is 0.263 e. The monoisotopic (exact) mass is 398 g/mol. The first-order valence-electron chi connectivity index (χ1n) is 8.64. The van der Waals surface area contributed by atoms with Gasteiger partial charge in [0.05, 0.1) is 10.9 Å². The Kier molecular flexibility index (Phi) is 6.93. The molecule has 0 fully saturated rings. The van der Waals surface area contributed by atoms with Crippen LogP contribution in [-0.4, -0.2) is 14.3 Å². The van der Waals surface area contributed by atoms with Gasteiger partial charge in [0.15, 0.2) is 0 Å². The van der Waals surface area contributed by atoms with Gasteiger partial charge in [0.1, 0.15) is 11.6 Å². The van der Waals surface area contributed by atoms with Crippen molar-refractivity contribution in [2.75, 3.05) is 5.32 Å². The van der Waals surface area contributed by atoms with E-state index in [1.165, 1.54) is 36.0 Å². The number of aryl methyl sites for hydroxylation is 1. The van der Waals surface area contributed by atoms with Crippen LogP contribution in [0.4, 0.5) is 5.69 Å². The lowest BCUT2D eigenvalue weighted by Gasteiger charge is -2.14. The number of carbonyl (C=O) groups is 1. The molecule has 0 bridgehead atoms. The van der Waals surface area contributed by atoms with Crippen molar-refractivity contribution >= 4 is 21.6 Å². The van der Waals surface area contributed by atoms with Crippen LogP contribution in [0.25, 0.3) is 0 Å². The van der Waals surface area contributed by atoms with Gasteiger partial charge in [-0.1, -0.05) is 31.2 Å². The summed E-state index contributed by atoms with van der Waals surface area (Å²) in [6.07, 6.45) is 2.21. The van der Waals surface area contributed by atoms with E-state index in [1.54, 1.807) is 0 Å². The fourth-order valence-corrected chi connectivity index (χ4v) is 2.96. The normalized spacial score (nSPS) is 12.7. The van der Waals surface area contributed by atoms with Gasteiger partial charge in [0, 0.05) is 11.9 Å². The molecule has 4 N–H and O–H groups in total. The second-order valence-corrected chi connectivity index (χ2v) is 7.74. The van der Waals surface area contributed by atoms with Crippen molar-refractivity contribution in [3.63, 3.8) is 0 Å². The van der Waals surface area contributed by atoms with Crippen LogP contribution in [0.15, 0.2) is 65.2 Å². The Bertz CT molecular complexity index is 1000. The molecule has 0 heterocycles. The molecule has 28 heavy (non-hydrogen) atoms. The number of hydrogen-bond acceptors (Lipinski definition) is 5. The molecule has 1 atom stereocenters. The third-order valence-electron chi connectivity index (χ3n) is 4.17. The molecule has 0 aliphatic heterocycles. The molecule has 0 aliphatic carbocycles. The van der Waals surface area contributed by atoms with Gasteiger partial charge in [-0.15, -0.1) is 0 Å². The van der Waals surface area contributed by atoms with E-state index >= 15 is 0 Å². The number of anilines is 1. The van der Waals surface area contributed by atoms with Crippen LogP contribution in [-0.2, 0) is 21.2 Å². The predicted octanol–water partition coefficient (Wildman–Crippen LogP) is 2.59. The first kappa shape index (κ1) is 21.2. The highest BCUT2D eigenvalue weighted by molar-refractivity contribution is 7.89. The lowest BCUT2D eigenvalue weighted by Crippen LogP contribution is -2.28. The predicted molar refractivity (Wildman–Crippen MR) is 108 cm³/mol. The van der Waals surface area contributed by atoms with Gasteiger partial charge in [-0.25, -0.2) is 13.6 Å². The second kappa shape index (κ2) is 9.17. The van der Waals surface area contributed by atoms with Crippen molar-refractivity contribution in [3.05, 3.63) is 71.4 Å². The van der Waals surface area contributed by atoms with Gasteiger partial charge in [-0.3, -0.25) is 4.79 Å². The molecule has 2 aromatic rings. The number of carbonyl (C=O) groups excluding carboxylic acids is 1. The van der Waals surface area contributed by atoms with E-state index in [1.807, 2.05) is 37.3 Å². The molecule has 1 amide bonds. The number of hydrogen-bond donors (Lipinski definition) is 3. The van der Waals surface area contributed by atoms with E-state index in [9.17, 15) is 18.5 Å². The third kappa shape index (κ3) is 5.67. The number of nitrogens with two attached hydrogens (primary N) is 1. The fourth-order valence-electron chi connectivity index (χ4n) is 2.44. The fraction of sp³-hybridized carbons (Fsp3) is 0.200. The Morgan fingerprint density at radius 3 is 2.29 bits per heavy atom. The Morgan fingerprint density at radius 1 is 1.18 bits per heavy atom. The molecular formula is C20H22N4O3S. The van der Waals surface area contributed by atoms with Crippen LogP contribution < -0.4 is 15.8 Å². The molecular weight excluding hydrogens is 376 g/mol. The molecule has 2 aromatic carbocycles. The first-order valence-corrected chi connectivity index (χ1v) is 10.2. The Labute approximate surface area is 164 Å². The number of benzene rings is 2. The molecule has 0 aliphatic rings. The van der Waals surface area contributed by atoms with Crippen LogP contribution >= 0.6 is 0 Å². The van der Waals surface area contributed by atoms with Crippen molar-refractivity contribution in [3.8, 4) is 6.07 Å². The van der Waals surface area contributed by atoms with Crippen LogP contribution in [0.5, 0.6) is 0 Å². The molecule has 0 saturated carbocycles. The third-order valence-corrected chi connectivity index (χ3v) is 5.10. The molecule has 2 rings (SSSR count). The number of nitrogens with one attached hydrogen (secondary N) is 2. The average molecular weight is 398 g/mol. The molecule has 0 aromatic heterocycles. The lowest BCUT2D eigenvalue weighted by atomic mass is 10.0. The molecule has 0 saturated heterocycles. The van der Waals surface area contributed by atoms with E-state index < -0.39 is 15.9 Å². The zero-order chi connectivity index (χ0) is 20.7. The summed E-state index contributed by atoms with van der Waals surface area (Å²) in [6.45, 7) is 3.91. The van der Waals surface area contributed by atoms with E-state index in [-0.39, 0.29) is 16.5 Å². The summed E-state index contributed by atoms with van der Waals surface area (Å²) >= 11 is 0. The summed E-state index contributed by atoms with van der Waals surface area (Å²) in [7, 11) is -3.77. The number of nitriles is 1. The highest BCUT2D eigenvalue weighted by atomic mass is 32.2. The summed E-state index contributed by atoms with van der Waals surface area (Å²) in [5.74, 6) is -0.511. The molecule has 1 unspecified atom stereocenters. The van der Waals surface area contributed by atoms with Crippen LogP contribution in [0, 0.1) is 11.3 Å². The summed E-state index contributed by atoms with van der Waals surface area (Å²) < 4.78 is 22.5. The summed E-state index contributed by atoms with van der Waals surface area (Å²) in [6, 6.07) is 15.1. The molecule has 146 valence electrons. The zero-order valence-corrected chi connectivity index (χ0v) is 16.5. The van der Waals surface area contributed by atoms with Crippen LogP contribution in [0.2, 0.25) is 0 Å². The van der Waals surface area contributed by atoms with Gasteiger partial charge in [0.2, 0.25) is 10.0 Å². The van der Waals surface area contributed by atoms with Gasteiger partial charge in [-0.05, 0) is 48.7 Å². The van der Waals surface area contributed by atoms with Gasteiger partial charge >= 0.3 is 0 Å². The number of amides is 1. The van der Waals surface area contributed by atoms with Crippen molar-refractivity contribution in [1.82, 2.24) is 5.32 Å². The quantitative estimate of drug-likeness (QED) is 0.488. The van der Waals surface area contributed by atoms with Crippen molar-refractivity contribution < 1.29 is 13.2 Å². The van der Waals surface area contributed by atoms with Gasteiger partial charge in [0.25, 0.3) is 5.91 Å².